The van der Waals surface area contributed by atoms with Gasteiger partial charge in [0.1, 0.15) is 6.54 Å². The van der Waals surface area contributed by atoms with E-state index in [4.69, 9.17) is 0 Å². The Morgan fingerprint density at radius 3 is 1.55 bits per heavy atom. The van der Waals surface area contributed by atoms with Gasteiger partial charge in [0.2, 0.25) is 0 Å². The van der Waals surface area contributed by atoms with Gasteiger partial charge in [-0.05, 0) is 81.4 Å². The highest BCUT2D eigenvalue weighted by molar-refractivity contribution is 5.33. The molecule has 2 aliphatic heterocycles. The zero-order valence-electron chi connectivity index (χ0n) is 24.5. The summed E-state index contributed by atoms with van der Waals surface area (Å²) in [6, 6.07) is 14.3. The van der Waals surface area contributed by atoms with Gasteiger partial charge >= 0.3 is 0 Å². The van der Waals surface area contributed by atoms with Crippen LogP contribution in [0.25, 0.3) is 0 Å². The zero-order valence-corrected chi connectivity index (χ0v) is 24.5. The predicted octanol–water partition coefficient (Wildman–Crippen LogP) is 6.91. The lowest BCUT2D eigenvalue weighted by Gasteiger charge is -2.45. The van der Waals surface area contributed by atoms with E-state index >= 15 is 0 Å². The lowest BCUT2D eigenvalue weighted by atomic mass is 9.83. The van der Waals surface area contributed by atoms with Crippen molar-refractivity contribution in [2.45, 2.75) is 71.8 Å². The fourth-order valence-corrected chi connectivity index (χ4v) is 7.28. The SMILES string of the molecule is CCC[N+]1(Cc2ccc([N+](=O)[O-])cc2)CCC(CCC2CC[N+](CC)(CCc3ccc([N+](=O)[O-])cc3)CC2)CC1. The average molecular weight is 553 g/mol. The van der Waals surface area contributed by atoms with Crippen molar-refractivity contribution in [2.24, 2.45) is 11.8 Å². The standard InChI is InChI=1S/C32H48N4O4/c1-3-20-36(26-30-9-13-32(14-10-30)34(39)40)24-18-29(19-25-36)6-5-28-16-22-35(4-2,23-17-28)21-15-27-7-11-31(12-8-27)33(37)38/h7-14,28-29H,3-6,15-26H2,1-2H3/q+2. The fourth-order valence-electron chi connectivity index (χ4n) is 7.28. The molecule has 2 fully saturated rings. The molecule has 218 valence electrons. The Morgan fingerprint density at radius 2 is 1.12 bits per heavy atom. The number of piperidine rings is 2. The van der Waals surface area contributed by atoms with Crippen LogP contribution < -0.4 is 0 Å². The molecule has 0 atom stereocenters. The van der Waals surface area contributed by atoms with Gasteiger partial charge in [0, 0.05) is 36.2 Å². The van der Waals surface area contributed by atoms with Crippen molar-refractivity contribution in [3.63, 3.8) is 0 Å². The number of nitro benzene ring substituents is 2. The Labute approximate surface area is 239 Å². The number of hydrogen-bond acceptors (Lipinski definition) is 4. The van der Waals surface area contributed by atoms with Gasteiger partial charge in [0.25, 0.3) is 11.4 Å². The van der Waals surface area contributed by atoms with E-state index in [1.165, 1.54) is 93.3 Å². The molecule has 0 aromatic heterocycles. The molecule has 0 spiro atoms. The van der Waals surface area contributed by atoms with E-state index in [0.29, 0.717) is 0 Å². The highest BCUT2D eigenvalue weighted by Crippen LogP contribution is 2.34. The molecule has 8 heteroatoms. The van der Waals surface area contributed by atoms with E-state index in [1.807, 2.05) is 24.3 Å². The summed E-state index contributed by atoms with van der Waals surface area (Å²) in [5.41, 5.74) is 2.75. The molecule has 2 aromatic rings. The number of nitro groups is 2. The summed E-state index contributed by atoms with van der Waals surface area (Å²) in [6.45, 7) is 14.0. The Morgan fingerprint density at radius 1 is 0.675 bits per heavy atom. The largest absolute Gasteiger partial charge is 0.324 e. The topological polar surface area (TPSA) is 86.3 Å². The highest BCUT2D eigenvalue weighted by atomic mass is 16.6. The zero-order chi connectivity index (χ0) is 28.6. The molecular formula is C32H48N4O4+2. The first-order valence-electron chi connectivity index (χ1n) is 15.4. The monoisotopic (exact) mass is 552 g/mol. The molecule has 0 aliphatic carbocycles. The van der Waals surface area contributed by atoms with Crippen LogP contribution in [0.15, 0.2) is 48.5 Å². The lowest BCUT2D eigenvalue weighted by Crippen LogP contribution is -2.54. The molecular weight excluding hydrogens is 504 g/mol. The number of quaternary nitrogens is 2. The molecule has 0 N–H and O–H groups in total. The van der Waals surface area contributed by atoms with Crippen LogP contribution in [0.1, 0.15) is 69.9 Å². The minimum atomic E-state index is -0.329. The summed E-state index contributed by atoms with van der Waals surface area (Å²) in [4.78, 5) is 21.3. The summed E-state index contributed by atoms with van der Waals surface area (Å²) in [6.07, 6.45) is 10.1. The number of likely N-dealkylation sites (tertiary alicyclic amines) is 2. The van der Waals surface area contributed by atoms with Crippen molar-refractivity contribution in [3.8, 4) is 0 Å². The van der Waals surface area contributed by atoms with Gasteiger partial charge in [-0.25, -0.2) is 0 Å². The Hall–Kier alpha value is -2.84. The molecule has 8 nitrogen and oxygen atoms in total. The molecule has 4 rings (SSSR count). The minimum absolute atomic E-state index is 0.168. The molecule has 40 heavy (non-hydrogen) atoms. The van der Waals surface area contributed by atoms with Gasteiger partial charge < -0.3 is 8.97 Å². The maximum atomic E-state index is 11.0. The number of nitrogens with zero attached hydrogens (tertiary/aromatic N) is 4. The van der Waals surface area contributed by atoms with Gasteiger partial charge in [0.15, 0.2) is 0 Å². The van der Waals surface area contributed by atoms with Crippen molar-refractivity contribution in [1.29, 1.82) is 0 Å². The molecule has 2 heterocycles. The van der Waals surface area contributed by atoms with Crippen molar-refractivity contribution >= 4 is 11.4 Å². The van der Waals surface area contributed by atoms with Gasteiger partial charge in [-0.15, -0.1) is 0 Å². The van der Waals surface area contributed by atoms with E-state index in [2.05, 4.69) is 13.8 Å². The summed E-state index contributed by atoms with van der Waals surface area (Å²) in [5.74, 6) is 1.67. The first-order chi connectivity index (χ1) is 19.3. The molecule has 0 amide bonds. The van der Waals surface area contributed by atoms with Crippen LogP contribution in [0, 0.1) is 32.1 Å². The summed E-state index contributed by atoms with van der Waals surface area (Å²) < 4.78 is 2.30. The van der Waals surface area contributed by atoms with Gasteiger partial charge in [-0.2, -0.15) is 0 Å². The quantitative estimate of drug-likeness (QED) is 0.153. The number of likely N-dealkylation sites (N-methyl/N-ethyl adjacent to an activating group) is 1. The smallest absolute Gasteiger partial charge is 0.269 e. The van der Waals surface area contributed by atoms with Crippen molar-refractivity contribution < 1.29 is 18.8 Å². The molecule has 0 unspecified atom stereocenters. The van der Waals surface area contributed by atoms with Crippen LogP contribution in [0.5, 0.6) is 0 Å². The van der Waals surface area contributed by atoms with Gasteiger partial charge in [0.05, 0.1) is 55.7 Å². The van der Waals surface area contributed by atoms with E-state index in [9.17, 15) is 20.2 Å². The molecule has 0 bridgehead atoms. The second-order valence-corrected chi connectivity index (χ2v) is 12.6. The Balaban J connectivity index is 1.21. The van der Waals surface area contributed by atoms with E-state index < -0.39 is 0 Å². The first kappa shape index (κ1) is 30.1. The average Bonchev–Trinajstić information content (AvgIpc) is 2.97. The third-order valence-electron chi connectivity index (χ3n) is 10.1. The third kappa shape index (κ3) is 7.88. The number of rotatable bonds is 13. The lowest BCUT2D eigenvalue weighted by molar-refractivity contribution is -0.946. The van der Waals surface area contributed by atoms with E-state index in [-0.39, 0.29) is 21.2 Å². The fraction of sp³-hybridized carbons (Fsp3) is 0.625. The second-order valence-electron chi connectivity index (χ2n) is 12.6. The summed E-state index contributed by atoms with van der Waals surface area (Å²) >= 11 is 0. The van der Waals surface area contributed by atoms with Crippen LogP contribution in [0.2, 0.25) is 0 Å². The maximum absolute atomic E-state index is 11.0. The van der Waals surface area contributed by atoms with Crippen LogP contribution in [0.3, 0.4) is 0 Å². The van der Waals surface area contributed by atoms with Crippen molar-refractivity contribution in [2.75, 3.05) is 45.8 Å². The van der Waals surface area contributed by atoms with Crippen molar-refractivity contribution in [1.82, 2.24) is 0 Å². The van der Waals surface area contributed by atoms with Crippen LogP contribution in [-0.4, -0.2) is 64.6 Å². The molecule has 2 aliphatic rings. The highest BCUT2D eigenvalue weighted by Gasteiger charge is 2.35. The Bertz CT molecular complexity index is 1100. The van der Waals surface area contributed by atoms with Gasteiger partial charge in [-0.1, -0.05) is 19.1 Å². The Kier molecular flexibility index (Phi) is 10.3. The second kappa shape index (κ2) is 13.7. The van der Waals surface area contributed by atoms with E-state index in [0.717, 1.165) is 42.4 Å². The molecule has 2 aromatic carbocycles. The van der Waals surface area contributed by atoms with Crippen LogP contribution in [0.4, 0.5) is 11.4 Å². The predicted molar refractivity (Wildman–Crippen MR) is 159 cm³/mol. The number of benzene rings is 2. The molecule has 0 saturated carbocycles. The number of hydrogen-bond donors (Lipinski definition) is 0. The maximum Gasteiger partial charge on any atom is 0.269 e. The van der Waals surface area contributed by atoms with Crippen LogP contribution in [-0.2, 0) is 13.0 Å². The first-order valence-corrected chi connectivity index (χ1v) is 15.4. The van der Waals surface area contributed by atoms with Gasteiger partial charge in [-0.3, -0.25) is 20.2 Å². The van der Waals surface area contributed by atoms with Crippen molar-refractivity contribution in [3.05, 3.63) is 79.9 Å². The minimum Gasteiger partial charge on any atom is -0.324 e. The third-order valence-corrected chi connectivity index (χ3v) is 10.1. The van der Waals surface area contributed by atoms with Crippen LogP contribution >= 0.6 is 0 Å². The summed E-state index contributed by atoms with van der Waals surface area (Å²) in [7, 11) is 0. The van der Waals surface area contributed by atoms with E-state index in [1.54, 1.807) is 24.3 Å². The summed E-state index contributed by atoms with van der Waals surface area (Å²) in [5, 5.41) is 22.0. The molecule has 2 saturated heterocycles. The normalized spacial score (nSPS) is 26.9. The molecule has 0 radical (unpaired) electrons. The number of non-ortho nitro benzene ring substituents is 2.